The van der Waals surface area contributed by atoms with Crippen LogP contribution in [0.25, 0.3) is 5.57 Å². The van der Waals surface area contributed by atoms with E-state index in [0.29, 0.717) is 40.1 Å². The van der Waals surface area contributed by atoms with E-state index in [0.717, 1.165) is 10.5 Å². The van der Waals surface area contributed by atoms with Crippen LogP contribution in [-0.4, -0.2) is 25.5 Å². The number of hydrogen-bond acceptors (Lipinski definition) is 5. The Morgan fingerprint density at radius 2 is 1.70 bits per heavy atom. The highest BCUT2D eigenvalue weighted by molar-refractivity contribution is 6.46. The minimum atomic E-state index is -0.470. The zero-order valence-electron chi connectivity index (χ0n) is 18.5. The molecule has 6 nitrogen and oxygen atoms in total. The number of hydrogen-bond donors (Lipinski definition) is 1. The highest BCUT2D eigenvalue weighted by Crippen LogP contribution is 2.37. The SMILES string of the molecule is CCOc1ccccc1NC1=C(c2ccc(OC)cc2)C(=O)N(c2cc(Cl)ccc2C)C1=O. The Bertz CT molecular complexity index is 1250. The summed E-state index contributed by atoms with van der Waals surface area (Å²) in [6, 6.07) is 19.4. The van der Waals surface area contributed by atoms with Gasteiger partial charge in [-0.3, -0.25) is 9.59 Å². The summed E-state index contributed by atoms with van der Waals surface area (Å²) in [4.78, 5) is 28.4. The number of carbonyl (C=O) groups is 2. The molecule has 3 aromatic carbocycles. The van der Waals surface area contributed by atoms with Crippen LogP contribution in [0.4, 0.5) is 11.4 Å². The Morgan fingerprint density at radius 1 is 0.970 bits per heavy atom. The monoisotopic (exact) mass is 462 g/mol. The number of aryl methyl sites for hydroxylation is 1. The van der Waals surface area contributed by atoms with Crippen LogP contribution >= 0.6 is 11.6 Å². The number of amides is 2. The van der Waals surface area contributed by atoms with E-state index in [9.17, 15) is 9.59 Å². The largest absolute Gasteiger partial charge is 0.497 e. The van der Waals surface area contributed by atoms with Crippen molar-refractivity contribution in [3.63, 3.8) is 0 Å². The molecule has 0 saturated heterocycles. The normalized spacial score (nSPS) is 13.5. The lowest BCUT2D eigenvalue weighted by atomic mass is 10.0. The quantitative estimate of drug-likeness (QED) is 0.473. The number of imide groups is 1. The molecule has 0 unspecified atom stereocenters. The van der Waals surface area contributed by atoms with Crippen LogP contribution < -0.4 is 19.7 Å². The Kier molecular flexibility index (Phi) is 6.38. The molecular formula is C26H23ClN2O4. The van der Waals surface area contributed by atoms with Gasteiger partial charge < -0.3 is 14.8 Å². The summed E-state index contributed by atoms with van der Waals surface area (Å²) in [5.41, 5.74) is 2.80. The molecule has 4 rings (SSSR count). The Labute approximate surface area is 197 Å². The maximum atomic E-state index is 13.6. The first-order valence-corrected chi connectivity index (χ1v) is 10.8. The van der Waals surface area contributed by atoms with E-state index in [2.05, 4.69) is 5.32 Å². The Hall–Kier alpha value is -3.77. The van der Waals surface area contributed by atoms with Crippen LogP contribution in [0, 0.1) is 6.92 Å². The van der Waals surface area contributed by atoms with E-state index >= 15 is 0 Å². The maximum absolute atomic E-state index is 13.6. The fraction of sp³-hybridized carbons (Fsp3) is 0.154. The van der Waals surface area contributed by atoms with E-state index in [-0.39, 0.29) is 11.3 Å². The highest BCUT2D eigenvalue weighted by atomic mass is 35.5. The number of nitrogens with one attached hydrogen (secondary N) is 1. The van der Waals surface area contributed by atoms with Crippen LogP contribution in [0.1, 0.15) is 18.1 Å². The number of rotatable bonds is 7. The van der Waals surface area contributed by atoms with Crippen LogP contribution in [-0.2, 0) is 9.59 Å². The minimum Gasteiger partial charge on any atom is -0.497 e. The highest BCUT2D eigenvalue weighted by Gasteiger charge is 2.41. The third-order valence-corrected chi connectivity index (χ3v) is 5.56. The topological polar surface area (TPSA) is 67.9 Å². The van der Waals surface area contributed by atoms with E-state index in [1.165, 1.54) is 0 Å². The number of halogens is 1. The summed E-state index contributed by atoms with van der Waals surface area (Å²) < 4.78 is 10.9. The number of nitrogens with zero attached hydrogens (tertiary/aromatic N) is 1. The van der Waals surface area contributed by atoms with Crippen molar-refractivity contribution in [1.29, 1.82) is 0 Å². The van der Waals surface area contributed by atoms with Gasteiger partial charge >= 0.3 is 0 Å². The fourth-order valence-corrected chi connectivity index (χ4v) is 3.87. The smallest absolute Gasteiger partial charge is 0.282 e. The van der Waals surface area contributed by atoms with Gasteiger partial charge in [0, 0.05) is 5.02 Å². The van der Waals surface area contributed by atoms with Crippen molar-refractivity contribution in [2.24, 2.45) is 0 Å². The second kappa shape index (κ2) is 9.38. The molecule has 0 atom stereocenters. The molecule has 1 N–H and O–H groups in total. The molecule has 7 heteroatoms. The molecule has 0 aliphatic carbocycles. The van der Waals surface area contributed by atoms with Gasteiger partial charge in [-0.05, 0) is 61.4 Å². The summed E-state index contributed by atoms with van der Waals surface area (Å²) in [6.07, 6.45) is 0. The fourth-order valence-electron chi connectivity index (χ4n) is 3.70. The van der Waals surface area contributed by atoms with E-state index < -0.39 is 11.8 Å². The Balaban J connectivity index is 1.85. The first-order valence-electron chi connectivity index (χ1n) is 10.5. The summed E-state index contributed by atoms with van der Waals surface area (Å²) in [6.45, 7) is 4.17. The van der Waals surface area contributed by atoms with Crippen LogP contribution in [0.2, 0.25) is 5.02 Å². The van der Waals surface area contributed by atoms with Gasteiger partial charge in [-0.1, -0.05) is 41.9 Å². The zero-order valence-corrected chi connectivity index (χ0v) is 19.3. The lowest BCUT2D eigenvalue weighted by Crippen LogP contribution is -2.33. The van der Waals surface area contributed by atoms with E-state index in [1.54, 1.807) is 61.7 Å². The van der Waals surface area contributed by atoms with Crippen molar-refractivity contribution in [3.05, 3.63) is 88.6 Å². The maximum Gasteiger partial charge on any atom is 0.282 e. The number of anilines is 2. The molecule has 0 fully saturated rings. The molecule has 33 heavy (non-hydrogen) atoms. The van der Waals surface area contributed by atoms with Crippen LogP contribution in [0.5, 0.6) is 11.5 Å². The van der Waals surface area contributed by atoms with Gasteiger partial charge in [-0.15, -0.1) is 0 Å². The predicted octanol–water partition coefficient (Wildman–Crippen LogP) is 5.45. The average molecular weight is 463 g/mol. The second-order valence-corrected chi connectivity index (χ2v) is 7.85. The first kappa shape index (κ1) is 22.4. The van der Waals surface area contributed by atoms with Crippen molar-refractivity contribution in [2.75, 3.05) is 23.9 Å². The summed E-state index contributed by atoms with van der Waals surface area (Å²) in [5, 5.41) is 3.60. The molecule has 0 bridgehead atoms. The first-order chi connectivity index (χ1) is 15.9. The van der Waals surface area contributed by atoms with Gasteiger partial charge in [0.25, 0.3) is 11.8 Å². The molecule has 1 aliphatic rings. The average Bonchev–Trinajstić information content (AvgIpc) is 3.06. The van der Waals surface area contributed by atoms with Gasteiger partial charge in [-0.25, -0.2) is 4.90 Å². The number of benzene rings is 3. The minimum absolute atomic E-state index is 0.164. The van der Waals surface area contributed by atoms with E-state index in [4.69, 9.17) is 21.1 Å². The molecular weight excluding hydrogens is 440 g/mol. The summed E-state index contributed by atoms with van der Waals surface area (Å²) >= 11 is 6.19. The molecule has 0 spiro atoms. The molecule has 1 aliphatic heterocycles. The molecule has 1 heterocycles. The van der Waals surface area contributed by atoms with E-state index in [1.807, 2.05) is 26.0 Å². The summed E-state index contributed by atoms with van der Waals surface area (Å²) in [5.74, 6) is 0.323. The van der Waals surface area contributed by atoms with Crippen LogP contribution in [0.3, 0.4) is 0 Å². The van der Waals surface area contributed by atoms with Crippen molar-refractivity contribution in [1.82, 2.24) is 0 Å². The lowest BCUT2D eigenvalue weighted by Gasteiger charge is -2.18. The van der Waals surface area contributed by atoms with Gasteiger partial charge in [0.05, 0.1) is 30.7 Å². The zero-order chi connectivity index (χ0) is 23.5. The Morgan fingerprint density at radius 3 is 2.39 bits per heavy atom. The van der Waals surface area contributed by atoms with Gasteiger partial charge in [0.1, 0.15) is 17.2 Å². The number of ether oxygens (including phenoxy) is 2. The number of para-hydroxylation sites is 2. The predicted molar refractivity (Wildman–Crippen MR) is 130 cm³/mol. The van der Waals surface area contributed by atoms with Crippen molar-refractivity contribution < 1.29 is 19.1 Å². The number of carbonyl (C=O) groups excluding carboxylic acids is 2. The van der Waals surface area contributed by atoms with Crippen molar-refractivity contribution >= 4 is 40.4 Å². The molecule has 2 amide bonds. The third-order valence-electron chi connectivity index (χ3n) is 5.32. The second-order valence-electron chi connectivity index (χ2n) is 7.41. The van der Waals surface area contributed by atoms with Gasteiger partial charge in [0.15, 0.2) is 0 Å². The molecule has 0 saturated carbocycles. The van der Waals surface area contributed by atoms with Gasteiger partial charge in [-0.2, -0.15) is 0 Å². The molecule has 0 aromatic heterocycles. The number of methoxy groups -OCH3 is 1. The lowest BCUT2D eigenvalue weighted by molar-refractivity contribution is -0.120. The molecule has 168 valence electrons. The summed E-state index contributed by atoms with van der Waals surface area (Å²) in [7, 11) is 1.57. The van der Waals surface area contributed by atoms with Crippen LogP contribution in [0.15, 0.2) is 72.4 Å². The standard InChI is InChI=1S/C26H23ClN2O4/c1-4-33-22-8-6-5-7-20(22)28-24-23(17-10-13-19(32-3)14-11-17)25(30)29(26(24)31)21-15-18(27)12-9-16(21)2/h5-15,28H,4H2,1-3H3. The van der Waals surface area contributed by atoms with Crippen molar-refractivity contribution in [3.8, 4) is 11.5 Å². The molecule has 0 radical (unpaired) electrons. The third kappa shape index (κ3) is 4.30. The van der Waals surface area contributed by atoms with Gasteiger partial charge in [0.2, 0.25) is 0 Å². The molecule has 3 aromatic rings. The van der Waals surface area contributed by atoms with Crippen molar-refractivity contribution in [2.45, 2.75) is 13.8 Å².